The van der Waals surface area contributed by atoms with Gasteiger partial charge >= 0.3 is 6.09 Å². The van der Waals surface area contributed by atoms with E-state index in [2.05, 4.69) is 20.6 Å². The quantitative estimate of drug-likeness (QED) is 0.326. The number of hydrogen-bond donors (Lipinski definition) is 2. The molecule has 2 N–H and O–H groups in total. The molecule has 4 rings (SSSR count). The number of likely N-dealkylation sites (tertiary alicyclic amines) is 1. The van der Waals surface area contributed by atoms with Gasteiger partial charge in [0.05, 0.1) is 22.9 Å². The molecule has 1 aliphatic rings. The first-order chi connectivity index (χ1) is 17.4. The van der Waals surface area contributed by atoms with Crippen LogP contribution in [0.1, 0.15) is 45.2 Å². The smallest absolute Gasteiger partial charge is 0.410 e. The maximum absolute atomic E-state index is 12.8. The molecule has 0 bridgehead atoms. The molecule has 1 aromatic carbocycles. The van der Waals surface area contributed by atoms with Crippen molar-refractivity contribution in [2.75, 3.05) is 30.5 Å². The van der Waals surface area contributed by atoms with E-state index < -0.39 is 12.7 Å². The fraction of sp³-hybridized carbons (Fsp3) is 0.370. The summed E-state index contributed by atoms with van der Waals surface area (Å²) >= 11 is 6.43. The van der Waals surface area contributed by atoms with E-state index in [0.717, 1.165) is 29.4 Å². The minimum Gasteiger partial charge on any atom is -0.444 e. The Bertz CT molecular complexity index is 1340. The second-order valence-electron chi connectivity index (χ2n) is 10.5. The highest BCUT2D eigenvalue weighted by molar-refractivity contribution is 7.70. The third kappa shape index (κ3) is 6.82. The number of hydrogen-bond acceptors (Lipinski definition) is 7. The van der Waals surface area contributed by atoms with Gasteiger partial charge in [0.15, 0.2) is 0 Å². The summed E-state index contributed by atoms with van der Waals surface area (Å²) in [4.78, 5) is 23.4. The van der Waals surface area contributed by atoms with E-state index in [9.17, 15) is 9.36 Å². The lowest BCUT2D eigenvalue weighted by Crippen LogP contribution is -2.36. The maximum atomic E-state index is 12.8. The molecule has 0 radical (unpaired) electrons. The second-order valence-corrected chi connectivity index (χ2v) is 14.1. The van der Waals surface area contributed by atoms with Gasteiger partial charge in [-0.25, -0.2) is 14.8 Å². The van der Waals surface area contributed by atoms with Gasteiger partial charge in [-0.15, -0.1) is 0 Å². The Morgan fingerprint density at radius 2 is 1.81 bits per heavy atom. The Kier molecular flexibility index (Phi) is 7.81. The summed E-state index contributed by atoms with van der Waals surface area (Å²) in [6.07, 6.45) is 4.73. The van der Waals surface area contributed by atoms with Gasteiger partial charge in [-0.2, -0.15) is 0 Å². The molecule has 1 amide bonds. The Morgan fingerprint density at radius 1 is 1.08 bits per heavy atom. The van der Waals surface area contributed by atoms with Gasteiger partial charge in [0, 0.05) is 29.8 Å². The standard InChI is InChI=1S/C27H33ClN5O3P/c1-27(2,3)36-26(34)33-14-8-10-22(33)18-12-13-29-24(15-18)32-25-16-21(19(28)17-30-25)31-20-9-6-7-11-23(20)37(4,5)35/h6-7,9,11-13,15-17,22H,8,10,14H2,1-5H3,(H2,29,30,31,32). The molecule has 8 nitrogen and oxygen atoms in total. The summed E-state index contributed by atoms with van der Waals surface area (Å²) in [6.45, 7) is 9.74. The van der Waals surface area contributed by atoms with Gasteiger partial charge in [-0.1, -0.05) is 23.7 Å². The summed E-state index contributed by atoms with van der Waals surface area (Å²) in [5.41, 5.74) is 1.79. The molecule has 1 aliphatic heterocycles. The molecule has 0 saturated carbocycles. The number of amides is 1. The van der Waals surface area contributed by atoms with E-state index in [1.807, 2.05) is 57.2 Å². The van der Waals surface area contributed by atoms with Crippen LogP contribution >= 0.6 is 18.7 Å². The number of pyridine rings is 2. The van der Waals surface area contributed by atoms with E-state index in [1.54, 1.807) is 36.7 Å². The van der Waals surface area contributed by atoms with Crippen LogP contribution < -0.4 is 15.9 Å². The fourth-order valence-corrected chi connectivity index (χ4v) is 5.61. The van der Waals surface area contributed by atoms with Crippen LogP contribution in [-0.4, -0.2) is 46.4 Å². The van der Waals surface area contributed by atoms with Crippen molar-refractivity contribution >= 4 is 53.2 Å². The van der Waals surface area contributed by atoms with Crippen molar-refractivity contribution in [2.45, 2.75) is 45.3 Å². The predicted octanol–water partition coefficient (Wildman–Crippen LogP) is 6.94. The Balaban J connectivity index is 1.54. The zero-order chi connectivity index (χ0) is 26.8. The van der Waals surface area contributed by atoms with E-state index in [4.69, 9.17) is 16.3 Å². The van der Waals surface area contributed by atoms with Crippen molar-refractivity contribution in [1.82, 2.24) is 14.9 Å². The van der Waals surface area contributed by atoms with Crippen LogP contribution in [-0.2, 0) is 9.30 Å². The Labute approximate surface area is 223 Å². The molecule has 1 fully saturated rings. The van der Waals surface area contributed by atoms with Crippen molar-refractivity contribution in [3.63, 3.8) is 0 Å². The highest BCUT2D eigenvalue weighted by atomic mass is 35.5. The number of carbonyl (C=O) groups is 1. The van der Waals surface area contributed by atoms with Crippen molar-refractivity contribution in [1.29, 1.82) is 0 Å². The van der Waals surface area contributed by atoms with Crippen LogP contribution in [0.15, 0.2) is 54.9 Å². The molecule has 3 heterocycles. The Hall–Kier alpha value is -3.09. The van der Waals surface area contributed by atoms with E-state index in [0.29, 0.717) is 28.9 Å². The number of carbonyl (C=O) groups excluding carboxylic acids is 1. The van der Waals surface area contributed by atoms with Crippen LogP contribution in [0.3, 0.4) is 0 Å². The van der Waals surface area contributed by atoms with Crippen molar-refractivity contribution < 1.29 is 14.1 Å². The van der Waals surface area contributed by atoms with Crippen molar-refractivity contribution in [3.8, 4) is 0 Å². The molecule has 1 unspecified atom stereocenters. The Morgan fingerprint density at radius 3 is 2.54 bits per heavy atom. The highest BCUT2D eigenvalue weighted by Crippen LogP contribution is 2.39. The maximum Gasteiger partial charge on any atom is 0.410 e. The number of para-hydroxylation sites is 1. The zero-order valence-electron chi connectivity index (χ0n) is 21.8. The minimum atomic E-state index is -2.50. The fourth-order valence-electron chi connectivity index (χ4n) is 4.30. The van der Waals surface area contributed by atoms with E-state index in [-0.39, 0.29) is 12.1 Å². The lowest BCUT2D eigenvalue weighted by atomic mass is 10.1. The zero-order valence-corrected chi connectivity index (χ0v) is 23.4. The average molecular weight is 542 g/mol. The number of halogens is 1. The summed E-state index contributed by atoms with van der Waals surface area (Å²) in [7, 11) is -2.50. The number of nitrogens with one attached hydrogen (secondary N) is 2. The molecular weight excluding hydrogens is 509 g/mol. The van der Waals surface area contributed by atoms with Gasteiger partial charge in [0.2, 0.25) is 0 Å². The largest absolute Gasteiger partial charge is 0.444 e. The second kappa shape index (κ2) is 10.7. The van der Waals surface area contributed by atoms with Crippen molar-refractivity contribution in [3.05, 3.63) is 65.4 Å². The number of anilines is 4. The summed E-state index contributed by atoms with van der Waals surface area (Å²) in [5.74, 6) is 1.14. The van der Waals surface area contributed by atoms with Gasteiger partial charge in [-0.05, 0) is 76.8 Å². The predicted molar refractivity (Wildman–Crippen MR) is 150 cm³/mol. The molecule has 1 atom stereocenters. The molecule has 0 spiro atoms. The van der Waals surface area contributed by atoms with Crippen LogP contribution in [0, 0.1) is 0 Å². The molecule has 2 aromatic heterocycles. The van der Waals surface area contributed by atoms with Gasteiger partial charge in [0.25, 0.3) is 0 Å². The first-order valence-electron chi connectivity index (χ1n) is 12.2. The third-order valence-electron chi connectivity index (χ3n) is 5.91. The first kappa shape index (κ1) is 27.0. The van der Waals surface area contributed by atoms with Gasteiger partial charge < -0.3 is 24.8 Å². The SMILES string of the molecule is CC(C)(C)OC(=O)N1CCCC1c1ccnc(Nc2cc(Nc3ccccc3P(C)(C)=O)c(Cl)cn2)c1. The van der Waals surface area contributed by atoms with Crippen LogP contribution in [0.5, 0.6) is 0 Å². The molecule has 3 aromatic rings. The number of ether oxygens (including phenoxy) is 1. The summed E-state index contributed by atoms with van der Waals surface area (Å²) in [6, 6.07) is 13.0. The number of benzene rings is 1. The van der Waals surface area contributed by atoms with Crippen LogP contribution in [0.25, 0.3) is 0 Å². The molecular formula is C27H33ClN5O3P. The van der Waals surface area contributed by atoms with Crippen molar-refractivity contribution in [2.24, 2.45) is 0 Å². The number of aromatic nitrogens is 2. The molecule has 10 heteroatoms. The minimum absolute atomic E-state index is 0.0796. The average Bonchev–Trinajstić information content (AvgIpc) is 3.30. The monoisotopic (exact) mass is 541 g/mol. The van der Waals surface area contributed by atoms with Gasteiger partial charge in [-0.3, -0.25) is 0 Å². The number of nitrogens with zero attached hydrogens (tertiary/aromatic N) is 3. The van der Waals surface area contributed by atoms with Gasteiger partial charge in [0.1, 0.15) is 24.4 Å². The first-order valence-corrected chi connectivity index (χ1v) is 15.2. The van der Waals surface area contributed by atoms with Crippen LogP contribution in [0.2, 0.25) is 5.02 Å². The normalized spacial score (nSPS) is 15.9. The third-order valence-corrected chi connectivity index (χ3v) is 7.77. The molecule has 196 valence electrons. The summed E-state index contributed by atoms with van der Waals surface area (Å²) < 4.78 is 18.4. The van der Waals surface area contributed by atoms with E-state index >= 15 is 0 Å². The number of rotatable bonds is 6. The lowest BCUT2D eigenvalue weighted by Gasteiger charge is -2.29. The molecule has 37 heavy (non-hydrogen) atoms. The lowest BCUT2D eigenvalue weighted by molar-refractivity contribution is 0.0224. The molecule has 1 saturated heterocycles. The van der Waals surface area contributed by atoms with Crippen LogP contribution in [0.4, 0.5) is 27.8 Å². The highest BCUT2D eigenvalue weighted by Gasteiger charge is 2.33. The van der Waals surface area contributed by atoms with E-state index in [1.165, 1.54) is 0 Å². The summed E-state index contributed by atoms with van der Waals surface area (Å²) in [5, 5.41) is 7.72. The molecule has 0 aliphatic carbocycles. The topological polar surface area (TPSA) is 96.5 Å².